The third-order valence-electron chi connectivity index (χ3n) is 3.48. The van der Waals surface area contributed by atoms with E-state index in [0.29, 0.717) is 17.6 Å². The van der Waals surface area contributed by atoms with Crippen molar-refractivity contribution in [1.29, 1.82) is 0 Å². The van der Waals surface area contributed by atoms with Gasteiger partial charge in [-0.2, -0.15) is 0 Å². The Morgan fingerprint density at radius 1 is 1.33 bits per heavy atom. The van der Waals surface area contributed by atoms with E-state index >= 15 is 0 Å². The molecule has 0 saturated carbocycles. The molecule has 0 aromatic heterocycles. The van der Waals surface area contributed by atoms with Crippen molar-refractivity contribution in [3.05, 3.63) is 29.8 Å². The van der Waals surface area contributed by atoms with Crippen LogP contribution < -0.4 is 10.2 Å². The molecule has 1 N–H and O–H groups in total. The zero-order valence-corrected chi connectivity index (χ0v) is 10.9. The molecular formula is C14H20F2N2. The minimum absolute atomic E-state index is 0.344. The summed E-state index contributed by atoms with van der Waals surface area (Å²) in [5.41, 5.74) is 0.505. The quantitative estimate of drug-likeness (QED) is 0.873. The van der Waals surface area contributed by atoms with Gasteiger partial charge in [0.25, 0.3) is 0 Å². The smallest absolute Gasteiger partial charge is 0.149 e. The van der Waals surface area contributed by atoms with Crippen molar-refractivity contribution >= 4 is 5.69 Å². The van der Waals surface area contributed by atoms with Gasteiger partial charge in [0.15, 0.2) is 0 Å². The molecule has 0 radical (unpaired) electrons. The van der Waals surface area contributed by atoms with E-state index in [1.54, 1.807) is 0 Å². The molecule has 2 nitrogen and oxygen atoms in total. The van der Waals surface area contributed by atoms with Gasteiger partial charge in [0.1, 0.15) is 11.6 Å². The fraction of sp³-hybridized carbons (Fsp3) is 0.571. The van der Waals surface area contributed by atoms with Gasteiger partial charge in [0, 0.05) is 25.2 Å². The molecular weight excluding hydrogens is 234 g/mol. The van der Waals surface area contributed by atoms with Crippen molar-refractivity contribution in [3.8, 4) is 0 Å². The number of halogens is 2. The average Bonchev–Trinajstić information content (AvgIpc) is 2.54. The lowest BCUT2D eigenvalue weighted by Crippen LogP contribution is -2.41. The zero-order chi connectivity index (χ0) is 13.1. The Kier molecular flexibility index (Phi) is 4.17. The molecule has 18 heavy (non-hydrogen) atoms. The maximum atomic E-state index is 13.8. The van der Waals surface area contributed by atoms with Gasteiger partial charge in [-0.1, -0.05) is 13.8 Å². The Morgan fingerprint density at radius 2 is 2.11 bits per heavy atom. The van der Waals surface area contributed by atoms with E-state index in [0.717, 1.165) is 32.1 Å². The lowest BCUT2D eigenvalue weighted by molar-refractivity contribution is 0.419. The second-order valence-corrected chi connectivity index (χ2v) is 5.20. The van der Waals surface area contributed by atoms with Gasteiger partial charge in [-0.05, 0) is 31.0 Å². The highest BCUT2D eigenvalue weighted by molar-refractivity contribution is 5.48. The average molecular weight is 254 g/mol. The summed E-state index contributed by atoms with van der Waals surface area (Å²) in [6.07, 6.45) is 0.972. The van der Waals surface area contributed by atoms with Gasteiger partial charge in [0.05, 0.1) is 5.69 Å². The normalized spacial score (nSPS) is 21.2. The predicted octanol–water partition coefficient (Wildman–Crippen LogP) is 2.79. The molecule has 0 spiro atoms. The van der Waals surface area contributed by atoms with E-state index in [-0.39, 0.29) is 0 Å². The highest BCUT2D eigenvalue weighted by Gasteiger charge is 2.22. The number of rotatable bonds is 2. The fourth-order valence-electron chi connectivity index (χ4n) is 2.35. The number of benzene rings is 1. The Labute approximate surface area is 107 Å². The number of nitrogens with zero attached hydrogens (tertiary/aromatic N) is 1. The number of anilines is 1. The molecule has 1 saturated heterocycles. The summed E-state index contributed by atoms with van der Waals surface area (Å²) < 4.78 is 26.7. The van der Waals surface area contributed by atoms with Crippen molar-refractivity contribution < 1.29 is 8.78 Å². The molecule has 1 aromatic carbocycles. The Bertz CT molecular complexity index is 407. The predicted molar refractivity (Wildman–Crippen MR) is 69.8 cm³/mol. The topological polar surface area (TPSA) is 15.3 Å². The summed E-state index contributed by atoms with van der Waals surface area (Å²) in [5.74, 6) is -0.502. The van der Waals surface area contributed by atoms with E-state index < -0.39 is 11.6 Å². The van der Waals surface area contributed by atoms with Crippen LogP contribution in [-0.2, 0) is 0 Å². The molecule has 0 bridgehead atoms. The van der Waals surface area contributed by atoms with Crippen LogP contribution in [0.1, 0.15) is 20.3 Å². The molecule has 100 valence electrons. The van der Waals surface area contributed by atoms with Crippen LogP contribution in [0.5, 0.6) is 0 Å². The van der Waals surface area contributed by atoms with Crippen LogP contribution in [0.3, 0.4) is 0 Å². The maximum Gasteiger partial charge on any atom is 0.149 e. The van der Waals surface area contributed by atoms with Crippen molar-refractivity contribution in [2.24, 2.45) is 5.92 Å². The molecule has 1 fully saturated rings. The fourth-order valence-corrected chi connectivity index (χ4v) is 2.35. The molecule has 4 heteroatoms. The van der Waals surface area contributed by atoms with Crippen LogP contribution >= 0.6 is 0 Å². The SMILES string of the molecule is CC(C)C1CN(c2ccc(F)cc2F)CCCN1. The third kappa shape index (κ3) is 2.99. The molecule has 1 aromatic rings. The van der Waals surface area contributed by atoms with Crippen LogP contribution in [0.2, 0.25) is 0 Å². The lowest BCUT2D eigenvalue weighted by atomic mass is 10.0. The molecule has 1 aliphatic rings. The minimum atomic E-state index is -0.524. The summed E-state index contributed by atoms with van der Waals surface area (Å²) >= 11 is 0. The summed E-state index contributed by atoms with van der Waals surface area (Å²) in [5, 5.41) is 3.47. The lowest BCUT2D eigenvalue weighted by Gasteiger charge is -2.28. The van der Waals surface area contributed by atoms with Crippen molar-refractivity contribution in [2.75, 3.05) is 24.5 Å². The molecule has 1 unspecified atom stereocenters. The highest BCUT2D eigenvalue weighted by atomic mass is 19.1. The molecule has 0 aliphatic carbocycles. The summed E-state index contributed by atoms with van der Waals surface area (Å²) in [7, 11) is 0. The van der Waals surface area contributed by atoms with Crippen LogP contribution in [0.25, 0.3) is 0 Å². The first-order chi connectivity index (χ1) is 8.58. The van der Waals surface area contributed by atoms with Gasteiger partial charge in [-0.25, -0.2) is 8.78 Å². The van der Waals surface area contributed by atoms with E-state index in [1.165, 1.54) is 12.1 Å². The first-order valence-corrected chi connectivity index (χ1v) is 6.51. The van der Waals surface area contributed by atoms with Crippen LogP contribution in [0.4, 0.5) is 14.5 Å². The van der Waals surface area contributed by atoms with E-state index in [9.17, 15) is 8.78 Å². The third-order valence-corrected chi connectivity index (χ3v) is 3.48. The first-order valence-electron chi connectivity index (χ1n) is 6.51. The number of nitrogens with one attached hydrogen (secondary N) is 1. The van der Waals surface area contributed by atoms with Crippen molar-refractivity contribution in [3.63, 3.8) is 0 Å². The summed E-state index contributed by atoms with van der Waals surface area (Å²) in [6.45, 7) is 6.82. The van der Waals surface area contributed by atoms with Crippen molar-refractivity contribution in [1.82, 2.24) is 5.32 Å². The number of hydrogen-bond acceptors (Lipinski definition) is 2. The highest BCUT2D eigenvalue weighted by Crippen LogP contribution is 2.22. The van der Waals surface area contributed by atoms with Gasteiger partial charge in [-0.15, -0.1) is 0 Å². The monoisotopic (exact) mass is 254 g/mol. The Morgan fingerprint density at radius 3 is 2.78 bits per heavy atom. The number of hydrogen-bond donors (Lipinski definition) is 1. The largest absolute Gasteiger partial charge is 0.368 e. The van der Waals surface area contributed by atoms with Gasteiger partial charge < -0.3 is 10.2 Å². The minimum Gasteiger partial charge on any atom is -0.368 e. The summed E-state index contributed by atoms with van der Waals surface area (Å²) in [6, 6.07) is 4.16. The first kappa shape index (κ1) is 13.3. The standard InChI is InChI=1S/C14H20F2N2/c1-10(2)13-9-18(7-3-6-17-13)14-5-4-11(15)8-12(14)16/h4-5,8,10,13,17H,3,6-7,9H2,1-2H3. The van der Waals surface area contributed by atoms with E-state index in [4.69, 9.17) is 0 Å². The van der Waals surface area contributed by atoms with E-state index in [2.05, 4.69) is 19.2 Å². The molecule has 2 rings (SSSR count). The maximum absolute atomic E-state index is 13.8. The van der Waals surface area contributed by atoms with Crippen molar-refractivity contribution in [2.45, 2.75) is 26.3 Å². The van der Waals surface area contributed by atoms with Gasteiger partial charge >= 0.3 is 0 Å². The van der Waals surface area contributed by atoms with Crippen LogP contribution in [-0.4, -0.2) is 25.7 Å². The zero-order valence-electron chi connectivity index (χ0n) is 10.9. The molecule has 1 heterocycles. The van der Waals surface area contributed by atoms with Crippen LogP contribution in [0, 0.1) is 17.6 Å². The second-order valence-electron chi connectivity index (χ2n) is 5.20. The molecule has 0 amide bonds. The Hall–Kier alpha value is -1.16. The molecule has 1 aliphatic heterocycles. The van der Waals surface area contributed by atoms with Crippen LogP contribution in [0.15, 0.2) is 18.2 Å². The molecule has 1 atom stereocenters. The summed E-state index contributed by atoms with van der Waals surface area (Å²) in [4.78, 5) is 2.01. The van der Waals surface area contributed by atoms with E-state index in [1.807, 2.05) is 4.90 Å². The Balaban J connectivity index is 2.20. The van der Waals surface area contributed by atoms with Gasteiger partial charge in [-0.3, -0.25) is 0 Å². The van der Waals surface area contributed by atoms with Gasteiger partial charge in [0.2, 0.25) is 0 Å². The second kappa shape index (κ2) is 5.65.